The first kappa shape index (κ1) is 21.9. The van der Waals surface area contributed by atoms with E-state index in [1.165, 1.54) is 0 Å². The Morgan fingerprint density at radius 2 is 1.48 bits per heavy atom. The van der Waals surface area contributed by atoms with Crippen LogP contribution in [0.1, 0.15) is 17.2 Å². The van der Waals surface area contributed by atoms with Gasteiger partial charge in [-0.1, -0.05) is 24.3 Å². The Bertz CT molecular complexity index is 469. The molecule has 120 valence electrons. The zero-order valence-corrected chi connectivity index (χ0v) is 12.6. The van der Waals surface area contributed by atoms with Gasteiger partial charge in [-0.25, -0.2) is 9.59 Å². The molecule has 0 amide bonds. The average Bonchev–Trinajstić information content (AvgIpc) is 2.37. The minimum absolute atomic E-state index is 0. The van der Waals surface area contributed by atoms with E-state index in [1.807, 2.05) is 0 Å². The second-order valence-electron chi connectivity index (χ2n) is 4.37. The van der Waals surface area contributed by atoms with Gasteiger partial charge in [0, 0.05) is 6.42 Å². The van der Waals surface area contributed by atoms with Gasteiger partial charge >= 0.3 is 11.9 Å². The predicted molar refractivity (Wildman–Crippen MR) is 63.7 cm³/mol. The van der Waals surface area contributed by atoms with Crippen molar-refractivity contribution in [2.45, 2.75) is 24.6 Å². The molecule has 1 aromatic rings. The zero-order chi connectivity index (χ0) is 14.6. The smallest absolute Gasteiger partial charge is 0.365 e. The number of rotatable bonds is 6. The van der Waals surface area contributed by atoms with E-state index >= 15 is 0 Å². The first-order chi connectivity index (χ1) is 8.82. The number of carbonyl (C=O) groups is 2. The highest BCUT2D eigenvalue weighted by Gasteiger charge is 2.27. The molecule has 0 saturated heterocycles. The maximum Gasteiger partial charge on any atom is 0.365 e. The lowest BCUT2D eigenvalue weighted by Crippen LogP contribution is -3.00. The molecule has 0 radical (unpaired) electrons. The Balaban J connectivity index is 0. The Kier molecular flexibility index (Phi) is 9.95. The molecule has 0 aliphatic heterocycles. The molecule has 0 aliphatic rings. The third kappa shape index (κ3) is 6.28. The first-order valence-corrected chi connectivity index (χ1v) is 5.71. The van der Waals surface area contributed by atoms with Gasteiger partial charge in [-0.15, -0.1) is 0 Å². The van der Waals surface area contributed by atoms with E-state index in [4.69, 9.17) is 10.2 Å². The molecule has 0 aromatic heterocycles. The maximum atomic E-state index is 10.7. The zero-order valence-electron chi connectivity index (χ0n) is 11.1. The highest BCUT2D eigenvalue weighted by molar-refractivity contribution is 5.73. The summed E-state index contributed by atoms with van der Waals surface area (Å²) in [5.74, 6) is -2.16. The van der Waals surface area contributed by atoms with Gasteiger partial charge in [-0.2, -0.15) is 0 Å². The van der Waals surface area contributed by atoms with Gasteiger partial charge < -0.3 is 51.6 Å². The number of aliphatic carboxylic acids is 2. The second kappa shape index (κ2) is 9.54. The molecular weight excluding hydrogens is 323 g/mol. The van der Waals surface area contributed by atoms with E-state index in [-0.39, 0.29) is 31.2 Å². The molecule has 0 spiro atoms. The lowest BCUT2D eigenvalue weighted by Gasteiger charge is -2.13. The highest BCUT2D eigenvalue weighted by atomic mass is 35.5. The molecule has 0 fully saturated rings. The summed E-state index contributed by atoms with van der Waals surface area (Å²) in [6, 6.07) is 4.54. The van der Waals surface area contributed by atoms with Crippen LogP contribution in [0.5, 0.6) is 0 Å². The van der Waals surface area contributed by atoms with Crippen LogP contribution in [0.4, 0.5) is 0 Å². The quantitative estimate of drug-likeness (QED) is 0.348. The Labute approximate surface area is 133 Å². The normalized spacial score (nSPS) is 14.0. The van der Waals surface area contributed by atoms with Crippen molar-refractivity contribution in [3.8, 4) is 0 Å². The van der Waals surface area contributed by atoms with Crippen LogP contribution in [-0.4, -0.2) is 39.3 Å². The topological polar surface area (TPSA) is 150 Å². The van der Waals surface area contributed by atoms with Crippen molar-refractivity contribution in [3.05, 3.63) is 35.4 Å². The van der Waals surface area contributed by atoms with Crippen LogP contribution in [0, 0.1) is 0 Å². The van der Waals surface area contributed by atoms with E-state index in [9.17, 15) is 14.7 Å². The van der Waals surface area contributed by atoms with Crippen LogP contribution in [0.15, 0.2) is 24.3 Å². The van der Waals surface area contributed by atoms with Crippen molar-refractivity contribution in [3.63, 3.8) is 0 Å². The summed E-state index contributed by atoms with van der Waals surface area (Å²) in [4.78, 5) is 21.4. The van der Waals surface area contributed by atoms with Gasteiger partial charge in [0.05, 0.1) is 0 Å². The summed E-state index contributed by atoms with van der Waals surface area (Å²) < 4.78 is 0. The molecular formula is C12H18Cl2N2O5. The third-order valence-electron chi connectivity index (χ3n) is 2.85. The van der Waals surface area contributed by atoms with Gasteiger partial charge in [-0.05, 0) is 11.1 Å². The van der Waals surface area contributed by atoms with Crippen molar-refractivity contribution in [1.29, 1.82) is 0 Å². The lowest BCUT2D eigenvalue weighted by atomic mass is 9.99. The summed E-state index contributed by atoms with van der Waals surface area (Å²) in [7, 11) is 0. The molecule has 1 aromatic carbocycles. The van der Waals surface area contributed by atoms with E-state index in [0.29, 0.717) is 5.56 Å². The fraction of sp³-hybridized carbons (Fsp3) is 0.333. The molecule has 3 atom stereocenters. The van der Waals surface area contributed by atoms with Gasteiger partial charge in [0.25, 0.3) is 0 Å². The van der Waals surface area contributed by atoms with Gasteiger partial charge in [-0.3, -0.25) is 0 Å². The number of hydrogen-bond acceptors (Lipinski definition) is 3. The number of hydrogen-bond donors (Lipinski definition) is 5. The standard InChI is InChI=1S/C12H16N2O5.2ClH/c13-8(11(16)17)5-6-1-3-7(4-2-6)10(15)9(14)12(18)19;;/h1-4,8-10,15H,5,13-14H2,(H,16,17)(H,18,19);2*1H/t8-,9-,10+;;/m0../s1. The molecule has 0 saturated carbocycles. The predicted octanol–water partition coefficient (Wildman–Crippen LogP) is -8.34. The van der Waals surface area contributed by atoms with E-state index < -0.39 is 30.1 Å². The first-order valence-electron chi connectivity index (χ1n) is 5.71. The minimum atomic E-state index is -1.19. The van der Waals surface area contributed by atoms with Crippen molar-refractivity contribution in [1.82, 2.24) is 0 Å². The van der Waals surface area contributed by atoms with Gasteiger partial charge in [0.15, 0.2) is 6.04 Å². The van der Waals surface area contributed by atoms with Crippen LogP contribution in [0.3, 0.4) is 0 Å². The molecule has 9 heteroatoms. The average molecular weight is 341 g/mol. The number of halogens is 2. The summed E-state index contributed by atoms with van der Waals surface area (Å²) >= 11 is 0. The summed E-state index contributed by atoms with van der Waals surface area (Å²) in [5.41, 5.74) is 8.07. The number of aliphatic hydroxyl groups excluding tert-OH is 1. The number of carboxylic acids is 2. The van der Waals surface area contributed by atoms with Crippen LogP contribution in [0.2, 0.25) is 0 Å². The molecule has 0 aliphatic carbocycles. The Hall–Kier alpha value is -1.38. The van der Waals surface area contributed by atoms with Crippen LogP contribution in [-0.2, 0) is 16.0 Å². The summed E-state index contributed by atoms with van der Waals surface area (Å²) in [6.07, 6.45) is -0.917. The van der Waals surface area contributed by atoms with Gasteiger partial charge in [0.1, 0.15) is 6.10 Å². The molecule has 0 heterocycles. The van der Waals surface area contributed by atoms with Crippen LogP contribution < -0.4 is 36.3 Å². The molecule has 21 heavy (non-hydrogen) atoms. The number of benzene rings is 1. The third-order valence-corrected chi connectivity index (χ3v) is 2.85. The summed E-state index contributed by atoms with van der Waals surface area (Å²) in [6.45, 7) is 0. The fourth-order valence-electron chi connectivity index (χ4n) is 1.59. The van der Waals surface area contributed by atoms with E-state index in [0.717, 1.165) is 5.56 Å². The van der Waals surface area contributed by atoms with Crippen LogP contribution >= 0.6 is 0 Å². The number of carboxylic acid groups (broad SMARTS) is 2. The number of quaternary nitrogens is 2. The fourth-order valence-corrected chi connectivity index (χ4v) is 1.59. The maximum absolute atomic E-state index is 10.7. The molecule has 1 rings (SSSR count). The van der Waals surface area contributed by atoms with Crippen molar-refractivity contribution < 1.29 is 61.2 Å². The SMILES string of the molecule is [Cl-].[Cl-].[NH3+][C@H](C(=O)O)[C@H](O)c1ccc(C[C@H]([NH3+])C(=O)O)cc1. The monoisotopic (exact) mass is 340 g/mol. The van der Waals surface area contributed by atoms with Crippen molar-refractivity contribution in [2.24, 2.45) is 0 Å². The number of aliphatic hydroxyl groups is 1. The Morgan fingerprint density at radius 1 is 1.00 bits per heavy atom. The lowest BCUT2D eigenvalue weighted by molar-refractivity contribution is -0.426. The largest absolute Gasteiger partial charge is 1.00 e. The summed E-state index contributed by atoms with van der Waals surface area (Å²) in [5, 5.41) is 27.3. The molecule has 9 N–H and O–H groups in total. The van der Waals surface area contributed by atoms with Gasteiger partial charge in [0.2, 0.25) is 6.04 Å². The molecule has 0 bridgehead atoms. The second-order valence-corrected chi connectivity index (χ2v) is 4.37. The molecule has 0 unspecified atom stereocenters. The molecule has 7 nitrogen and oxygen atoms in total. The minimum Gasteiger partial charge on any atom is -1.00 e. The van der Waals surface area contributed by atoms with Crippen molar-refractivity contribution in [2.75, 3.05) is 0 Å². The van der Waals surface area contributed by atoms with Crippen LogP contribution in [0.25, 0.3) is 0 Å². The van der Waals surface area contributed by atoms with E-state index in [2.05, 4.69) is 11.5 Å². The van der Waals surface area contributed by atoms with E-state index in [1.54, 1.807) is 24.3 Å². The van der Waals surface area contributed by atoms with Crippen molar-refractivity contribution >= 4 is 11.9 Å². The highest BCUT2D eigenvalue weighted by Crippen LogP contribution is 2.16. The Morgan fingerprint density at radius 3 is 1.86 bits per heavy atom.